The summed E-state index contributed by atoms with van der Waals surface area (Å²) in [4.78, 5) is 8.38. The third-order valence-electron chi connectivity index (χ3n) is 4.22. The molecule has 94 valence electrons. The molecule has 1 N–H and O–H groups in total. The maximum Gasteiger partial charge on any atom is 0.0798 e. The zero-order valence-corrected chi connectivity index (χ0v) is 11.3. The zero-order chi connectivity index (χ0) is 11.7. The summed E-state index contributed by atoms with van der Waals surface area (Å²) >= 11 is 1.77. The number of nitrogens with one attached hydrogen (secondary N) is 1. The van der Waals surface area contributed by atoms with Gasteiger partial charge in [0.05, 0.1) is 11.2 Å². The van der Waals surface area contributed by atoms with Crippen molar-refractivity contribution in [2.24, 2.45) is 0 Å². The van der Waals surface area contributed by atoms with Gasteiger partial charge in [0, 0.05) is 23.5 Å². The molecule has 0 saturated carbocycles. The average molecular weight is 251 g/mol. The quantitative estimate of drug-likeness (QED) is 0.892. The summed E-state index contributed by atoms with van der Waals surface area (Å²) in [6, 6.07) is 1.58. The molecule has 17 heavy (non-hydrogen) atoms. The van der Waals surface area contributed by atoms with Crippen molar-refractivity contribution in [3.63, 3.8) is 0 Å². The molecule has 2 saturated heterocycles. The van der Waals surface area contributed by atoms with Crippen molar-refractivity contribution in [3.8, 4) is 0 Å². The van der Waals surface area contributed by atoms with Gasteiger partial charge in [0.25, 0.3) is 0 Å². The Labute approximate surface area is 107 Å². The Morgan fingerprint density at radius 1 is 1.47 bits per heavy atom. The maximum atomic E-state index is 4.30. The predicted octanol–water partition coefficient (Wildman–Crippen LogP) is 2.17. The van der Waals surface area contributed by atoms with Gasteiger partial charge in [-0.05, 0) is 45.7 Å². The molecule has 2 unspecified atom stereocenters. The lowest BCUT2D eigenvalue weighted by Gasteiger charge is -2.35. The standard InChI is InChI=1S/C13H21N3S/c1-10-13(17-9-15-10)8-14-11-4-6-16-5-2-3-12(16)7-11/h9,11-12,14H,2-8H2,1H3. The highest BCUT2D eigenvalue weighted by Gasteiger charge is 2.31. The Kier molecular flexibility index (Phi) is 3.45. The molecular weight excluding hydrogens is 230 g/mol. The Morgan fingerprint density at radius 2 is 2.41 bits per heavy atom. The van der Waals surface area contributed by atoms with Crippen LogP contribution in [0.1, 0.15) is 36.3 Å². The zero-order valence-electron chi connectivity index (χ0n) is 10.5. The van der Waals surface area contributed by atoms with E-state index in [0.29, 0.717) is 0 Å². The topological polar surface area (TPSA) is 28.2 Å². The first-order valence-electron chi connectivity index (χ1n) is 6.69. The van der Waals surface area contributed by atoms with Gasteiger partial charge < -0.3 is 10.2 Å². The summed E-state index contributed by atoms with van der Waals surface area (Å²) in [7, 11) is 0. The molecule has 0 amide bonds. The second-order valence-corrected chi connectivity index (χ2v) is 6.23. The highest BCUT2D eigenvalue weighted by atomic mass is 32.1. The Bertz CT molecular complexity index is 376. The van der Waals surface area contributed by atoms with Crippen molar-refractivity contribution in [1.82, 2.24) is 15.2 Å². The van der Waals surface area contributed by atoms with E-state index in [-0.39, 0.29) is 0 Å². The van der Waals surface area contributed by atoms with Gasteiger partial charge in [-0.3, -0.25) is 0 Å². The van der Waals surface area contributed by atoms with Gasteiger partial charge in [-0.1, -0.05) is 0 Å². The van der Waals surface area contributed by atoms with E-state index in [9.17, 15) is 0 Å². The molecule has 2 atom stereocenters. The van der Waals surface area contributed by atoms with Crippen LogP contribution in [0.2, 0.25) is 0 Å². The number of piperidine rings is 1. The van der Waals surface area contributed by atoms with Crippen LogP contribution in [0.25, 0.3) is 0 Å². The van der Waals surface area contributed by atoms with Crippen LogP contribution < -0.4 is 5.32 Å². The average Bonchev–Trinajstić information content (AvgIpc) is 2.94. The van der Waals surface area contributed by atoms with Crippen LogP contribution in [0.5, 0.6) is 0 Å². The number of rotatable bonds is 3. The third kappa shape index (κ3) is 2.54. The normalized spacial score (nSPS) is 29.5. The molecule has 0 bridgehead atoms. The predicted molar refractivity (Wildman–Crippen MR) is 71.3 cm³/mol. The summed E-state index contributed by atoms with van der Waals surface area (Å²) in [6.07, 6.45) is 5.48. The van der Waals surface area contributed by atoms with E-state index in [1.54, 1.807) is 11.3 Å². The number of hydrogen-bond acceptors (Lipinski definition) is 4. The van der Waals surface area contributed by atoms with Gasteiger partial charge in [0.15, 0.2) is 0 Å². The van der Waals surface area contributed by atoms with Gasteiger partial charge >= 0.3 is 0 Å². The van der Waals surface area contributed by atoms with Crippen molar-refractivity contribution >= 4 is 11.3 Å². The molecule has 3 rings (SSSR count). The van der Waals surface area contributed by atoms with Crippen molar-refractivity contribution in [2.75, 3.05) is 13.1 Å². The molecule has 4 heteroatoms. The molecule has 1 aromatic heterocycles. The largest absolute Gasteiger partial charge is 0.309 e. The second-order valence-electron chi connectivity index (χ2n) is 5.30. The maximum absolute atomic E-state index is 4.30. The van der Waals surface area contributed by atoms with Crippen LogP contribution in [0, 0.1) is 6.92 Å². The lowest BCUT2D eigenvalue weighted by atomic mass is 9.97. The fourth-order valence-electron chi connectivity index (χ4n) is 3.14. The van der Waals surface area contributed by atoms with Crippen molar-refractivity contribution in [3.05, 3.63) is 16.1 Å². The van der Waals surface area contributed by atoms with E-state index in [0.717, 1.165) is 18.6 Å². The molecule has 3 nitrogen and oxygen atoms in total. The van der Waals surface area contributed by atoms with Crippen LogP contribution in [0.3, 0.4) is 0 Å². The van der Waals surface area contributed by atoms with Crippen LogP contribution in [0.15, 0.2) is 5.51 Å². The van der Waals surface area contributed by atoms with Gasteiger partial charge in [-0.15, -0.1) is 11.3 Å². The molecule has 2 fully saturated rings. The molecule has 2 aliphatic heterocycles. The first kappa shape index (κ1) is 11.6. The van der Waals surface area contributed by atoms with E-state index in [2.05, 4.69) is 22.1 Å². The number of fused-ring (bicyclic) bond motifs is 1. The van der Waals surface area contributed by atoms with Gasteiger partial charge in [0.1, 0.15) is 0 Å². The number of aryl methyl sites for hydroxylation is 1. The smallest absolute Gasteiger partial charge is 0.0798 e. The molecule has 3 heterocycles. The molecule has 0 spiro atoms. The van der Waals surface area contributed by atoms with Crippen molar-refractivity contribution < 1.29 is 0 Å². The Morgan fingerprint density at radius 3 is 3.24 bits per heavy atom. The Balaban J connectivity index is 1.51. The van der Waals surface area contributed by atoms with E-state index >= 15 is 0 Å². The highest BCUT2D eigenvalue weighted by Crippen LogP contribution is 2.27. The molecule has 0 radical (unpaired) electrons. The summed E-state index contributed by atoms with van der Waals surface area (Å²) in [6.45, 7) is 5.75. The van der Waals surface area contributed by atoms with Crippen LogP contribution in [0.4, 0.5) is 0 Å². The van der Waals surface area contributed by atoms with E-state index in [1.165, 1.54) is 49.3 Å². The molecule has 2 aliphatic rings. The van der Waals surface area contributed by atoms with Crippen LogP contribution >= 0.6 is 11.3 Å². The van der Waals surface area contributed by atoms with Crippen molar-refractivity contribution in [2.45, 2.75) is 51.2 Å². The van der Waals surface area contributed by atoms with Crippen LogP contribution in [-0.2, 0) is 6.54 Å². The number of thiazole rings is 1. The minimum absolute atomic E-state index is 0.718. The number of hydrogen-bond donors (Lipinski definition) is 1. The van der Waals surface area contributed by atoms with Gasteiger partial charge in [0.2, 0.25) is 0 Å². The van der Waals surface area contributed by atoms with E-state index in [4.69, 9.17) is 0 Å². The van der Waals surface area contributed by atoms with E-state index < -0.39 is 0 Å². The number of aromatic nitrogens is 1. The van der Waals surface area contributed by atoms with Gasteiger partial charge in [-0.25, -0.2) is 4.98 Å². The van der Waals surface area contributed by atoms with Crippen LogP contribution in [-0.4, -0.2) is 35.1 Å². The fourth-order valence-corrected chi connectivity index (χ4v) is 3.87. The fraction of sp³-hybridized carbons (Fsp3) is 0.769. The van der Waals surface area contributed by atoms with Gasteiger partial charge in [-0.2, -0.15) is 0 Å². The molecule has 0 aliphatic carbocycles. The molecule has 1 aromatic rings. The minimum Gasteiger partial charge on any atom is -0.309 e. The number of nitrogens with zero attached hydrogens (tertiary/aromatic N) is 2. The second kappa shape index (κ2) is 5.04. The summed E-state index contributed by atoms with van der Waals surface area (Å²) in [5.41, 5.74) is 3.15. The molecule has 0 aromatic carbocycles. The Hall–Kier alpha value is -0.450. The van der Waals surface area contributed by atoms with Crippen molar-refractivity contribution in [1.29, 1.82) is 0 Å². The first-order valence-corrected chi connectivity index (χ1v) is 7.57. The minimum atomic E-state index is 0.718. The lowest BCUT2D eigenvalue weighted by Crippen LogP contribution is -2.45. The first-order chi connectivity index (χ1) is 8.33. The summed E-state index contributed by atoms with van der Waals surface area (Å²) < 4.78 is 0. The lowest BCUT2D eigenvalue weighted by molar-refractivity contribution is 0.166. The monoisotopic (exact) mass is 251 g/mol. The highest BCUT2D eigenvalue weighted by molar-refractivity contribution is 7.09. The van der Waals surface area contributed by atoms with E-state index in [1.807, 2.05) is 5.51 Å². The third-order valence-corrected chi connectivity index (χ3v) is 5.15. The summed E-state index contributed by atoms with van der Waals surface area (Å²) in [5.74, 6) is 0. The molecular formula is C13H21N3S. The summed E-state index contributed by atoms with van der Waals surface area (Å²) in [5, 5.41) is 3.72. The SMILES string of the molecule is Cc1ncsc1CNC1CCN2CCCC2C1.